The Kier molecular flexibility index (Phi) is 2.34. The summed E-state index contributed by atoms with van der Waals surface area (Å²) < 4.78 is 13.4. The smallest absolute Gasteiger partial charge is 0.326 e. The van der Waals surface area contributed by atoms with E-state index in [2.05, 4.69) is 5.32 Å². The van der Waals surface area contributed by atoms with Crippen LogP contribution in [0.4, 0.5) is 10.1 Å². The number of carboxylic acid groups (broad SMARTS) is 1. The molecule has 1 aromatic carbocycles. The lowest BCUT2D eigenvalue weighted by Gasteiger charge is -2.05. The monoisotopic (exact) mass is 209 g/mol. The van der Waals surface area contributed by atoms with Crippen LogP contribution in [0.2, 0.25) is 0 Å². The van der Waals surface area contributed by atoms with E-state index >= 15 is 0 Å². The van der Waals surface area contributed by atoms with Crippen molar-refractivity contribution in [2.45, 2.75) is 25.8 Å². The van der Waals surface area contributed by atoms with Crippen LogP contribution < -0.4 is 5.32 Å². The van der Waals surface area contributed by atoms with Gasteiger partial charge in [-0.25, -0.2) is 9.18 Å². The minimum absolute atomic E-state index is 0.269. The van der Waals surface area contributed by atoms with E-state index in [0.717, 1.165) is 5.56 Å². The lowest BCUT2D eigenvalue weighted by Crippen LogP contribution is -2.26. The number of carboxylic acids is 1. The summed E-state index contributed by atoms with van der Waals surface area (Å²) in [6, 6.07) is 2.52. The van der Waals surface area contributed by atoms with Crippen LogP contribution in [0.5, 0.6) is 0 Å². The Morgan fingerprint density at radius 2 is 2.40 bits per heavy atom. The number of rotatable bonds is 2. The molecule has 1 aromatic rings. The number of halogens is 1. The van der Waals surface area contributed by atoms with Gasteiger partial charge >= 0.3 is 5.97 Å². The Bertz CT molecular complexity index is 417. The second-order valence-corrected chi connectivity index (χ2v) is 3.69. The van der Waals surface area contributed by atoms with Crippen molar-refractivity contribution < 1.29 is 14.3 Å². The second kappa shape index (κ2) is 3.53. The maximum Gasteiger partial charge on any atom is 0.326 e. The molecule has 1 aliphatic rings. The first-order chi connectivity index (χ1) is 7.11. The standard InChI is InChI=1S/C11H12FNO2/c1-2-6-3-7-4-10(11(14)15)13-9(7)5-8(6)12/h3,5,10,13H,2,4H2,1H3,(H,14,15). The van der Waals surface area contributed by atoms with Crippen LogP contribution in [0, 0.1) is 5.82 Å². The molecule has 0 aliphatic carbocycles. The number of hydrogen-bond acceptors (Lipinski definition) is 2. The number of aryl methyl sites for hydroxylation is 1. The molecule has 1 atom stereocenters. The zero-order chi connectivity index (χ0) is 11.0. The maximum atomic E-state index is 13.4. The van der Waals surface area contributed by atoms with E-state index < -0.39 is 12.0 Å². The summed E-state index contributed by atoms with van der Waals surface area (Å²) in [7, 11) is 0. The van der Waals surface area contributed by atoms with Crippen molar-refractivity contribution in [1.82, 2.24) is 0 Å². The molecule has 0 saturated carbocycles. The van der Waals surface area contributed by atoms with Gasteiger partial charge in [0, 0.05) is 12.1 Å². The van der Waals surface area contributed by atoms with E-state index in [1.165, 1.54) is 6.07 Å². The summed E-state index contributed by atoms with van der Waals surface area (Å²) in [6.07, 6.45) is 1.05. The summed E-state index contributed by atoms with van der Waals surface area (Å²) in [5.74, 6) is -1.17. The van der Waals surface area contributed by atoms with E-state index in [1.807, 2.05) is 6.92 Å². The summed E-state index contributed by atoms with van der Waals surface area (Å²) in [5, 5.41) is 11.6. The lowest BCUT2D eigenvalue weighted by molar-refractivity contribution is -0.137. The summed E-state index contributed by atoms with van der Waals surface area (Å²) in [5.41, 5.74) is 2.14. The average Bonchev–Trinajstić information content (AvgIpc) is 2.59. The first kappa shape index (κ1) is 9.96. The van der Waals surface area contributed by atoms with Crippen molar-refractivity contribution >= 4 is 11.7 Å². The zero-order valence-electron chi connectivity index (χ0n) is 8.38. The Balaban J connectivity index is 2.35. The third kappa shape index (κ3) is 1.67. The van der Waals surface area contributed by atoms with Gasteiger partial charge in [0.1, 0.15) is 11.9 Å². The Morgan fingerprint density at radius 3 is 3.00 bits per heavy atom. The molecular weight excluding hydrogens is 197 g/mol. The molecule has 2 N–H and O–H groups in total. The molecule has 1 aliphatic heterocycles. The van der Waals surface area contributed by atoms with Crippen molar-refractivity contribution in [3.8, 4) is 0 Å². The highest BCUT2D eigenvalue weighted by Gasteiger charge is 2.27. The third-order valence-electron chi connectivity index (χ3n) is 2.71. The number of nitrogens with one attached hydrogen (secondary N) is 1. The van der Waals surface area contributed by atoms with Gasteiger partial charge < -0.3 is 10.4 Å². The number of anilines is 1. The van der Waals surface area contributed by atoms with Crippen LogP contribution in [0.25, 0.3) is 0 Å². The SMILES string of the molecule is CCc1cc2c(cc1F)NC(C(=O)O)C2. The molecule has 0 fully saturated rings. The Hall–Kier alpha value is -1.58. The molecule has 2 rings (SSSR count). The molecule has 0 spiro atoms. The van der Waals surface area contributed by atoms with Crippen LogP contribution in [-0.4, -0.2) is 17.1 Å². The number of benzene rings is 1. The zero-order valence-corrected chi connectivity index (χ0v) is 8.38. The van der Waals surface area contributed by atoms with Crippen molar-refractivity contribution in [2.24, 2.45) is 0 Å². The summed E-state index contributed by atoms with van der Waals surface area (Å²) >= 11 is 0. The number of aliphatic carboxylic acids is 1. The molecule has 0 amide bonds. The third-order valence-corrected chi connectivity index (χ3v) is 2.71. The molecule has 0 aromatic heterocycles. The van der Waals surface area contributed by atoms with E-state index in [-0.39, 0.29) is 5.82 Å². The topological polar surface area (TPSA) is 49.3 Å². The highest BCUT2D eigenvalue weighted by molar-refractivity contribution is 5.81. The normalized spacial score (nSPS) is 18.4. The van der Waals surface area contributed by atoms with Crippen LogP contribution in [0.15, 0.2) is 12.1 Å². The van der Waals surface area contributed by atoms with Crippen molar-refractivity contribution in [3.05, 3.63) is 29.1 Å². The largest absolute Gasteiger partial charge is 0.480 e. The highest BCUT2D eigenvalue weighted by atomic mass is 19.1. The fourth-order valence-corrected chi connectivity index (χ4v) is 1.85. The summed E-state index contributed by atoms with van der Waals surface area (Å²) in [4.78, 5) is 10.8. The van der Waals surface area contributed by atoms with E-state index in [9.17, 15) is 9.18 Å². The van der Waals surface area contributed by atoms with Gasteiger partial charge in [-0.05, 0) is 23.6 Å². The van der Waals surface area contributed by atoms with Gasteiger partial charge in [-0.2, -0.15) is 0 Å². The fourth-order valence-electron chi connectivity index (χ4n) is 1.85. The Labute approximate surface area is 86.9 Å². The van der Waals surface area contributed by atoms with Crippen LogP contribution in [0.1, 0.15) is 18.1 Å². The fraction of sp³-hybridized carbons (Fsp3) is 0.364. The van der Waals surface area contributed by atoms with Crippen molar-refractivity contribution in [1.29, 1.82) is 0 Å². The number of hydrogen-bond donors (Lipinski definition) is 2. The summed E-state index contributed by atoms with van der Waals surface area (Å²) in [6.45, 7) is 1.88. The van der Waals surface area contributed by atoms with E-state index in [4.69, 9.17) is 5.11 Å². The molecule has 1 heterocycles. The minimum Gasteiger partial charge on any atom is -0.480 e. The highest BCUT2D eigenvalue weighted by Crippen LogP contribution is 2.28. The van der Waals surface area contributed by atoms with Crippen LogP contribution in [0.3, 0.4) is 0 Å². The lowest BCUT2D eigenvalue weighted by atomic mass is 10.0. The Morgan fingerprint density at radius 1 is 1.67 bits per heavy atom. The predicted molar refractivity (Wildman–Crippen MR) is 54.5 cm³/mol. The van der Waals surface area contributed by atoms with Crippen LogP contribution >= 0.6 is 0 Å². The van der Waals surface area contributed by atoms with Gasteiger partial charge in [0.15, 0.2) is 0 Å². The van der Waals surface area contributed by atoms with Crippen LogP contribution in [-0.2, 0) is 17.6 Å². The maximum absolute atomic E-state index is 13.4. The second-order valence-electron chi connectivity index (χ2n) is 3.69. The molecule has 3 nitrogen and oxygen atoms in total. The minimum atomic E-state index is -0.898. The van der Waals surface area contributed by atoms with Crippen molar-refractivity contribution in [3.63, 3.8) is 0 Å². The molecule has 15 heavy (non-hydrogen) atoms. The number of carbonyl (C=O) groups is 1. The average molecular weight is 209 g/mol. The van der Waals surface area contributed by atoms with Gasteiger partial charge in [0.05, 0.1) is 0 Å². The molecule has 80 valence electrons. The molecule has 1 unspecified atom stereocenters. The van der Waals surface area contributed by atoms with Gasteiger partial charge in [-0.15, -0.1) is 0 Å². The molecule has 0 bridgehead atoms. The molecular formula is C11H12FNO2. The van der Waals surface area contributed by atoms with Crippen molar-refractivity contribution in [2.75, 3.05) is 5.32 Å². The van der Waals surface area contributed by atoms with Gasteiger partial charge in [-0.3, -0.25) is 0 Å². The molecule has 4 heteroatoms. The molecule has 0 radical (unpaired) electrons. The van der Waals surface area contributed by atoms with Gasteiger partial charge in [0.25, 0.3) is 0 Å². The van der Waals surface area contributed by atoms with Gasteiger partial charge in [-0.1, -0.05) is 13.0 Å². The van der Waals surface area contributed by atoms with Gasteiger partial charge in [0.2, 0.25) is 0 Å². The number of fused-ring (bicyclic) bond motifs is 1. The van der Waals surface area contributed by atoms with E-state index in [1.54, 1.807) is 6.07 Å². The first-order valence-electron chi connectivity index (χ1n) is 4.92. The quantitative estimate of drug-likeness (QED) is 0.781. The predicted octanol–water partition coefficient (Wildman–Crippen LogP) is 1.81. The van der Waals surface area contributed by atoms with E-state index in [0.29, 0.717) is 24.1 Å². The molecule has 0 saturated heterocycles. The first-order valence-corrected chi connectivity index (χ1v) is 4.92.